The summed E-state index contributed by atoms with van der Waals surface area (Å²) < 4.78 is 5.59. The predicted molar refractivity (Wildman–Crippen MR) is 119 cm³/mol. The number of methoxy groups -OCH3 is 1. The van der Waals surface area contributed by atoms with Gasteiger partial charge in [0, 0.05) is 51.7 Å². The van der Waals surface area contributed by atoms with Gasteiger partial charge in [0.05, 0.1) is 19.3 Å². The van der Waals surface area contributed by atoms with E-state index in [9.17, 15) is 4.79 Å². The molecule has 0 spiro atoms. The number of likely N-dealkylation sites (tertiary alicyclic amines) is 1. The first-order chi connectivity index (χ1) is 14.4. The lowest BCUT2D eigenvalue weighted by molar-refractivity contribution is -0.128. The first-order valence-corrected chi connectivity index (χ1v) is 10.5. The minimum Gasteiger partial charge on any atom is -0.496 e. The van der Waals surface area contributed by atoms with Gasteiger partial charge in [-0.1, -0.05) is 12.1 Å². The molecule has 1 unspecified atom stereocenters. The van der Waals surface area contributed by atoms with E-state index in [0.29, 0.717) is 18.3 Å². The molecule has 1 amide bonds. The molecule has 1 fully saturated rings. The Bertz CT molecular complexity index is 886. The number of aromatic nitrogens is 2. The van der Waals surface area contributed by atoms with Crippen molar-refractivity contribution >= 4 is 11.7 Å². The van der Waals surface area contributed by atoms with Crippen molar-refractivity contribution in [3.05, 3.63) is 46.9 Å². The summed E-state index contributed by atoms with van der Waals surface area (Å²) in [6, 6.07) is 8.44. The number of ether oxygens (including phenoxy) is 1. The number of hydrogen-bond acceptors (Lipinski definition) is 6. The number of anilines is 1. The number of benzene rings is 1. The van der Waals surface area contributed by atoms with Crippen molar-refractivity contribution < 1.29 is 9.53 Å². The normalized spacial score (nSPS) is 16.9. The number of aryl methyl sites for hydroxylation is 1. The first kappa shape index (κ1) is 22.0. The standard InChI is InChI=1S/C23H33N5O2/c1-16-8-9-19(21(11-16)30-5)14-28-10-6-7-18(13-28)20-12-22(24-3)26-23(25-20)15-27(4)17(2)29/h8-9,11-12,18H,6-7,10,13-15H2,1-5H3,(H,24,25,26). The van der Waals surface area contributed by atoms with Crippen LogP contribution in [0.1, 0.15) is 48.3 Å². The van der Waals surface area contributed by atoms with E-state index in [-0.39, 0.29) is 5.91 Å². The van der Waals surface area contributed by atoms with Crippen molar-refractivity contribution in [3.8, 4) is 5.75 Å². The zero-order valence-electron chi connectivity index (χ0n) is 18.7. The van der Waals surface area contributed by atoms with Crippen molar-refractivity contribution in [2.24, 2.45) is 0 Å². The fourth-order valence-corrected chi connectivity index (χ4v) is 3.91. The Morgan fingerprint density at radius 1 is 1.33 bits per heavy atom. The molecular formula is C23H33N5O2. The molecule has 2 heterocycles. The number of rotatable bonds is 7. The van der Waals surface area contributed by atoms with Crippen LogP contribution in [0.15, 0.2) is 24.3 Å². The number of carbonyl (C=O) groups is 1. The van der Waals surface area contributed by atoms with Crippen LogP contribution >= 0.6 is 0 Å². The molecule has 1 aromatic heterocycles. The summed E-state index contributed by atoms with van der Waals surface area (Å²) in [5.74, 6) is 2.76. The Morgan fingerprint density at radius 3 is 2.83 bits per heavy atom. The fourth-order valence-electron chi connectivity index (χ4n) is 3.91. The Labute approximate surface area is 179 Å². The molecule has 1 saturated heterocycles. The maximum atomic E-state index is 11.6. The van der Waals surface area contributed by atoms with Gasteiger partial charge in [0.25, 0.3) is 0 Å². The minimum absolute atomic E-state index is 0.00546. The van der Waals surface area contributed by atoms with Crippen LogP contribution in [0.4, 0.5) is 5.82 Å². The molecule has 7 heteroatoms. The second-order valence-corrected chi connectivity index (χ2v) is 8.11. The van der Waals surface area contributed by atoms with Crippen LogP contribution < -0.4 is 10.1 Å². The number of piperidine rings is 1. The third-order valence-corrected chi connectivity index (χ3v) is 5.72. The number of nitrogens with one attached hydrogen (secondary N) is 1. The Morgan fingerprint density at radius 2 is 2.13 bits per heavy atom. The predicted octanol–water partition coefficient (Wildman–Crippen LogP) is 3.19. The molecule has 0 aliphatic carbocycles. The smallest absolute Gasteiger partial charge is 0.219 e. The van der Waals surface area contributed by atoms with Gasteiger partial charge in [0.1, 0.15) is 17.4 Å². The molecule has 7 nitrogen and oxygen atoms in total. The van der Waals surface area contributed by atoms with Gasteiger partial charge in [0.2, 0.25) is 5.91 Å². The highest BCUT2D eigenvalue weighted by Crippen LogP contribution is 2.29. The number of hydrogen-bond donors (Lipinski definition) is 1. The summed E-state index contributed by atoms with van der Waals surface area (Å²) in [6.45, 7) is 6.93. The molecule has 30 heavy (non-hydrogen) atoms. The molecular weight excluding hydrogens is 378 g/mol. The van der Waals surface area contributed by atoms with Crippen molar-refractivity contribution in [2.45, 2.75) is 45.7 Å². The van der Waals surface area contributed by atoms with Gasteiger partial charge in [-0.15, -0.1) is 0 Å². The summed E-state index contributed by atoms with van der Waals surface area (Å²) in [4.78, 5) is 25.1. The second-order valence-electron chi connectivity index (χ2n) is 8.11. The molecule has 3 rings (SSSR count). The molecule has 1 aromatic carbocycles. The van der Waals surface area contributed by atoms with Crippen LogP contribution in [0.2, 0.25) is 0 Å². The maximum absolute atomic E-state index is 11.6. The van der Waals surface area contributed by atoms with Crippen molar-refractivity contribution in [1.29, 1.82) is 0 Å². The van der Waals surface area contributed by atoms with Crippen LogP contribution in [0, 0.1) is 6.92 Å². The van der Waals surface area contributed by atoms with Crippen molar-refractivity contribution in [1.82, 2.24) is 19.8 Å². The zero-order valence-corrected chi connectivity index (χ0v) is 18.7. The summed E-state index contributed by atoms with van der Waals surface area (Å²) in [5.41, 5.74) is 3.46. The summed E-state index contributed by atoms with van der Waals surface area (Å²) in [6.07, 6.45) is 2.23. The van der Waals surface area contributed by atoms with E-state index < -0.39 is 0 Å². The zero-order chi connectivity index (χ0) is 21.7. The number of amides is 1. The van der Waals surface area contributed by atoms with Gasteiger partial charge in [-0.2, -0.15) is 0 Å². The molecule has 1 N–H and O–H groups in total. The highest BCUT2D eigenvalue weighted by atomic mass is 16.5. The largest absolute Gasteiger partial charge is 0.496 e. The lowest BCUT2D eigenvalue weighted by atomic mass is 9.94. The van der Waals surface area contributed by atoms with Gasteiger partial charge in [-0.25, -0.2) is 9.97 Å². The number of nitrogens with zero attached hydrogens (tertiary/aromatic N) is 4. The van der Waals surface area contributed by atoms with Crippen LogP contribution in [-0.4, -0.2) is 60.0 Å². The Kier molecular flexibility index (Phi) is 7.26. The minimum atomic E-state index is 0.00546. The van der Waals surface area contributed by atoms with E-state index in [0.717, 1.165) is 49.7 Å². The van der Waals surface area contributed by atoms with E-state index in [1.54, 1.807) is 26.0 Å². The van der Waals surface area contributed by atoms with Gasteiger partial charge < -0.3 is 15.0 Å². The van der Waals surface area contributed by atoms with Crippen LogP contribution in [-0.2, 0) is 17.9 Å². The lowest BCUT2D eigenvalue weighted by Gasteiger charge is -2.33. The van der Waals surface area contributed by atoms with Crippen LogP contribution in [0.5, 0.6) is 5.75 Å². The Balaban J connectivity index is 1.77. The SMILES string of the molecule is CNc1cc(C2CCCN(Cc3ccc(C)cc3OC)C2)nc(CN(C)C(C)=O)n1. The van der Waals surface area contributed by atoms with Gasteiger partial charge in [-0.3, -0.25) is 9.69 Å². The van der Waals surface area contributed by atoms with E-state index in [2.05, 4.69) is 40.3 Å². The summed E-state index contributed by atoms with van der Waals surface area (Å²) >= 11 is 0. The van der Waals surface area contributed by atoms with E-state index in [1.165, 1.54) is 11.1 Å². The molecule has 0 bridgehead atoms. The topological polar surface area (TPSA) is 70.6 Å². The summed E-state index contributed by atoms with van der Waals surface area (Å²) in [5, 5.41) is 3.14. The average molecular weight is 412 g/mol. The second kappa shape index (κ2) is 9.89. The Hall–Kier alpha value is -2.67. The van der Waals surface area contributed by atoms with Gasteiger partial charge >= 0.3 is 0 Å². The highest BCUT2D eigenvalue weighted by molar-refractivity contribution is 5.72. The molecule has 0 saturated carbocycles. The third kappa shape index (κ3) is 5.48. The average Bonchev–Trinajstić information content (AvgIpc) is 2.74. The molecule has 2 aromatic rings. The number of carbonyl (C=O) groups excluding carboxylic acids is 1. The third-order valence-electron chi connectivity index (χ3n) is 5.72. The van der Waals surface area contributed by atoms with E-state index in [4.69, 9.17) is 9.72 Å². The molecule has 1 aliphatic heterocycles. The van der Waals surface area contributed by atoms with Gasteiger partial charge in [0.15, 0.2) is 0 Å². The monoisotopic (exact) mass is 411 g/mol. The molecule has 1 aliphatic rings. The molecule has 1 atom stereocenters. The summed E-state index contributed by atoms with van der Waals surface area (Å²) in [7, 11) is 5.37. The lowest BCUT2D eigenvalue weighted by Crippen LogP contribution is -2.34. The van der Waals surface area contributed by atoms with Crippen molar-refractivity contribution in [2.75, 3.05) is 39.6 Å². The van der Waals surface area contributed by atoms with E-state index in [1.807, 2.05) is 13.1 Å². The van der Waals surface area contributed by atoms with Crippen LogP contribution in [0.25, 0.3) is 0 Å². The van der Waals surface area contributed by atoms with Crippen molar-refractivity contribution in [3.63, 3.8) is 0 Å². The maximum Gasteiger partial charge on any atom is 0.219 e. The fraction of sp³-hybridized carbons (Fsp3) is 0.522. The highest BCUT2D eigenvalue weighted by Gasteiger charge is 2.24. The first-order valence-electron chi connectivity index (χ1n) is 10.5. The molecule has 0 radical (unpaired) electrons. The van der Waals surface area contributed by atoms with E-state index >= 15 is 0 Å². The molecule has 162 valence electrons. The van der Waals surface area contributed by atoms with Gasteiger partial charge in [-0.05, 0) is 37.9 Å². The van der Waals surface area contributed by atoms with Crippen LogP contribution in [0.3, 0.4) is 0 Å². The quantitative estimate of drug-likeness (QED) is 0.755.